The molecule has 0 aromatic rings. The van der Waals surface area contributed by atoms with Crippen LogP contribution < -0.4 is 5.32 Å². The maximum Gasteiger partial charge on any atom is 0.249 e. The van der Waals surface area contributed by atoms with Crippen LogP contribution in [0.25, 0.3) is 0 Å². The molecule has 0 saturated carbocycles. The van der Waals surface area contributed by atoms with Crippen molar-refractivity contribution in [3.63, 3.8) is 0 Å². The van der Waals surface area contributed by atoms with Crippen molar-refractivity contribution in [2.75, 3.05) is 6.61 Å². The van der Waals surface area contributed by atoms with Gasteiger partial charge in [-0.25, -0.2) is 0 Å². The molecule has 0 fully saturated rings. The van der Waals surface area contributed by atoms with Gasteiger partial charge in [0.1, 0.15) is 6.10 Å². The molecule has 286 valence electrons. The molecular weight excluding hydrogens is 606 g/mol. The molecule has 0 saturated heterocycles. The molecule has 0 radical (unpaired) electrons. The topological polar surface area (TPSA) is 89.8 Å². The SMILES string of the molecule is CCCCC/C=C\C/C=C\CCCCCCCCC(O)C(=O)NC(CO)C(O)/C=C/CC/C=C/CCCCCCCCCCCCCCC. The third-order valence-corrected chi connectivity index (χ3v) is 9.39. The number of aliphatic hydroxyl groups is 3. The molecule has 4 N–H and O–H groups in total. The lowest BCUT2D eigenvalue weighted by molar-refractivity contribution is -0.131. The van der Waals surface area contributed by atoms with E-state index in [2.05, 4.69) is 55.6 Å². The Labute approximate surface area is 304 Å². The molecule has 49 heavy (non-hydrogen) atoms. The molecule has 0 aliphatic carbocycles. The first-order valence-electron chi connectivity index (χ1n) is 21.0. The number of unbranched alkanes of at least 4 members (excludes halogenated alkanes) is 23. The average molecular weight is 688 g/mol. The summed E-state index contributed by atoms with van der Waals surface area (Å²) in [6.07, 6.45) is 49.9. The van der Waals surface area contributed by atoms with Gasteiger partial charge in [0.25, 0.3) is 0 Å². The molecule has 0 aromatic carbocycles. The monoisotopic (exact) mass is 688 g/mol. The third kappa shape index (κ3) is 34.5. The van der Waals surface area contributed by atoms with E-state index in [0.717, 1.165) is 51.4 Å². The van der Waals surface area contributed by atoms with E-state index in [1.54, 1.807) is 6.08 Å². The number of carbonyl (C=O) groups excluding carboxylic acids is 1. The average Bonchev–Trinajstić information content (AvgIpc) is 3.11. The van der Waals surface area contributed by atoms with E-state index >= 15 is 0 Å². The summed E-state index contributed by atoms with van der Waals surface area (Å²) in [7, 11) is 0. The highest BCUT2D eigenvalue weighted by molar-refractivity contribution is 5.80. The van der Waals surface area contributed by atoms with E-state index < -0.39 is 24.2 Å². The van der Waals surface area contributed by atoms with Crippen LogP contribution in [0.1, 0.15) is 200 Å². The summed E-state index contributed by atoms with van der Waals surface area (Å²) >= 11 is 0. The van der Waals surface area contributed by atoms with E-state index in [0.29, 0.717) is 6.42 Å². The molecule has 0 heterocycles. The predicted molar refractivity (Wildman–Crippen MR) is 213 cm³/mol. The van der Waals surface area contributed by atoms with Crippen LogP contribution in [0.2, 0.25) is 0 Å². The van der Waals surface area contributed by atoms with Crippen molar-refractivity contribution in [2.24, 2.45) is 0 Å². The number of hydrogen-bond acceptors (Lipinski definition) is 4. The number of hydrogen-bond donors (Lipinski definition) is 4. The minimum absolute atomic E-state index is 0.381. The molecule has 0 aromatic heterocycles. The highest BCUT2D eigenvalue weighted by Crippen LogP contribution is 2.14. The van der Waals surface area contributed by atoms with Crippen LogP contribution in [0.15, 0.2) is 48.6 Å². The molecule has 5 heteroatoms. The Bertz CT molecular complexity index is 805. The van der Waals surface area contributed by atoms with Crippen LogP contribution in [0.3, 0.4) is 0 Å². The van der Waals surface area contributed by atoms with Crippen molar-refractivity contribution in [3.05, 3.63) is 48.6 Å². The van der Waals surface area contributed by atoms with Gasteiger partial charge in [0.05, 0.1) is 18.8 Å². The Kier molecular flexibility index (Phi) is 37.8. The van der Waals surface area contributed by atoms with Gasteiger partial charge in [-0.15, -0.1) is 0 Å². The van der Waals surface area contributed by atoms with Crippen molar-refractivity contribution in [1.29, 1.82) is 0 Å². The second-order valence-electron chi connectivity index (χ2n) is 14.2. The summed E-state index contributed by atoms with van der Waals surface area (Å²) in [6, 6.07) is -0.819. The molecule has 0 aliphatic heterocycles. The van der Waals surface area contributed by atoms with Gasteiger partial charge in [-0.1, -0.05) is 184 Å². The van der Waals surface area contributed by atoms with E-state index in [1.165, 1.54) is 128 Å². The summed E-state index contributed by atoms with van der Waals surface area (Å²) in [4.78, 5) is 12.4. The largest absolute Gasteiger partial charge is 0.394 e. The van der Waals surface area contributed by atoms with Gasteiger partial charge in [-0.2, -0.15) is 0 Å². The quantitative estimate of drug-likeness (QED) is 0.0386. The highest BCUT2D eigenvalue weighted by atomic mass is 16.3. The zero-order chi connectivity index (χ0) is 35.9. The standard InChI is InChI=1S/C44H81NO4/c1-3-5-7-9-11-13-15-17-19-21-22-23-25-26-28-30-32-34-36-38-42(47)41(40-46)45-44(49)43(48)39-37-35-33-31-29-27-24-20-18-16-14-12-10-8-6-4-2/h12,14,18,20,28,30,36,38,41-43,46-48H,3-11,13,15-17,19,21-27,29,31-35,37,39-40H2,1-2H3,(H,45,49)/b14-12-,20-18-,30-28+,38-36+. The van der Waals surface area contributed by atoms with Gasteiger partial charge in [-0.05, 0) is 64.2 Å². The van der Waals surface area contributed by atoms with Crippen molar-refractivity contribution in [3.8, 4) is 0 Å². The summed E-state index contributed by atoms with van der Waals surface area (Å²) in [5.41, 5.74) is 0. The lowest BCUT2D eigenvalue weighted by Crippen LogP contribution is -2.48. The number of allylic oxidation sites excluding steroid dienone is 7. The van der Waals surface area contributed by atoms with Crippen LogP contribution in [0, 0.1) is 0 Å². The summed E-state index contributed by atoms with van der Waals surface area (Å²) < 4.78 is 0. The van der Waals surface area contributed by atoms with Gasteiger partial charge < -0.3 is 20.6 Å². The predicted octanol–water partition coefficient (Wildman–Crippen LogP) is 11.8. The van der Waals surface area contributed by atoms with Crippen LogP contribution in [-0.2, 0) is 4.79 Å². The van der Waals surface area contributed by atoms with E-state index in [1.807, 2.05) is 6.08 Å². The second kappa shape index (κ2) is 39.1. The maximum absolute atomic E-state index is 12.4. The van der Waals surface area contributed by atoms with Crippen LogP contribution in [0.5, 0.6) is 0 Å². The molecule has 5 nitrogen and oxygen atoms in total. The van der Waals surface area contributed by atoms with Crippen molar-refractivity contribution in [1.82, 2.24) is 5.32 Å². The summed E-state index contributed by atoms with van der Waals surface area (Å²) in [5.74, 6) is -0.523. The second-order valence-corrected chi connectivity index (χ2v) is 14.2. The number of carbonyl (C=O) groups is 1. The smallest absolute Gasteiger partial charge is 0.249 e. The maximum atomic E-state index is 12.4. The lowest BCUT2D eigenvalue weighted by atomic mass is 10.0. The van der Waals surface area contributed by atoms with E-state index in [9.17, 15) is 20.1 Å². The molecule has 1 amide bonds. The molecule has 0 rings (SSSR count). The van der Waals surface area contributed by atoms with Crippen LogP contribution >= 0.6 is 0 Å². The van der Waals surface area contributed by atoms with Gasteiger partial charge in [0.2, 0.25) is 5.91 Å². The Hall–Kier alpha value is -1.69. The van der Waals surface area contributed by atoms with E-state index in [4.69, 9.17) is 0 Å². The first kappa shape index (κ1) is 47.3. The Morgan fingerprint density at radius 3 is 1.41 bits per heavy atom. The highest BCUT2D eigenvalue weighted by Gasteiger charge is 2.22. The number of nitrogens with one attached hydrogen (secondary N) is 1. The first-order chi connectivity index (χ1) is 24.1. The Morgan fingerprint density at radius 1 is 0.510 bits per heavy atom. The number of amides is 1. The Balaban J connectivity index is 3.77. The van der Waals surface area contributed by atoms with Gasteiger partial charge in [0.15, 0.2) is 0 Å². The first-order valence-corrected chi connectivity index (χ1v) is 21.0. The Morgan fingerprint density at radius 2 is 0.898 bits per heavy atom. The van der Waals surface area contributed by atoms with Gasteiger partial charge in [0, 0.05) is 0 Å². The van der Waals surface area contributed by atoms with Crippen molar-refractivity contribution < 1.29 is 20.1 Å². The zero-order valence-corrected chi connectivity index (χ0v) is 32.3. The number of aliphatic hydroxyl groups excluding tert-OH is 3. The third-order valence-electron chi connectivity index (χ3n) is 9.39. The minimum Gasteiger partial charge on any atom is -0.394 e. The summed E-state index contributed by atoms with van der Waals surface area (Å²) in [6.45, 7) is 4.13. The normalized spacial score (nSPS) is 14.1. The van der Waals surface area contributed by atoms with E-state index in [-0.39, 0.29) is 6.61 Å². The minimum atomic E-state index is -1.11. The van der Waals surface area contributed by atoms with Gasteiger partial charge in [-0.3, -0.25) is 4.79 Å². The van der Waals surface area contributed by atoms with Crippen LogP contribution in [-0.4, -0.2) is 46.1 Å². The fraction of sp³-hybridized carbons (Fsp3) is 0.795. The molecule has 3 unspecified atom stereocenters. The van der Waals surface area contributed by atoms with Crippen molar-refractivity contribution >= 4 is 5.91 Å². The number of rotatable bonds is 37. The fourth-order valence-corrected chi connectivity index (χ4v) is 6.05. The summed E-state index contributed by atoms with van der Waals surface area (Å²) in [5, 5.41) is 33.0. The van der Waals surface area contributed by atoms with Gasteiger partial charge >= 0.3 is 0 Å². The molecule has 0 bridgehead atoms. The van der Waals surface area contributed by atoms with Crippen molar-refractivity contribution in [2.45, 2.75) is 218 Å². The lowest BCUT2D eigenvalue weighted by Gasteiger charge is -2.21. The molecule has 3 atom stereocenters. The molecule has 0 spiro atoms. The fourth-order valence-electron chi connectivity index (χ4n) is 6.05. The molecule has 0 aliphatic rings. The molecular formula is C44H81NO4. The zero-order valence-electron chi connectivity index (χ0n) is 32.3. The van der Waals surface area contributed by atoms with Crippen LogP contribution in [0.4, 0.5) is 0 Å².